The molecule has 5 aliphatic rings. The number of aromatic hydroxyl groups is 1. The van der Waals surface area contributed by atoms with Crippen LogP contribution in [0.2, 0.25) is 0 Å². The van der Waals surface area contributed by atoms with Gasteiger partial charge in [-0.3, -0.25) is 14.5 Å². The molecule has 1 amide bonds. The number of carbonyl (C=O) groups excluding carboxylic acids is 2. The van der Waals surface area contributed by atoms with E-state index in [1.165, 1.54) is 18.1 Å². The second kappa shape index (κ2) is 9.37. The highest BCUT2D eigenvalue weighted by Gasteiger charge is 2.66. The summed E-state index contributed by atoms with van der Waals surface area (Å²) in [6, 6.07) is 12.3. The minimum Gasteiger partial charge on any atom is -0.504 e. The van der Waals surface area contributed by atoms with Gasteiger partial charge in [-0.25, -0.2) is 0 Å². The summed E-state index contributed by atoms with van der Waals surface area (Å²) < 4.78 is 12.2. The van der Waals surface area contributed by atoms with Crippen LogP contribution in [-0.2, 0) is 26.2 Å². The Morgan fingerprint density at radius 2 is 2.10 bits per heavy atom. The van der Waals surface area contributed by atoms with Crippen molar-refractivity contribution in [3.05, 3.63) is 64.7 Å². The first-order valence-corrected chi connectivity index (χ1v) is 14.7. The number of benzene rings is 2. The first kappa shape index (κ1) is 25.6. The van der Waals surface area contributed by atoms with E-state index >= 15 is 0 Å². The van der Waals surface area contributed by atoms with Crippen molar-refractivity contribution in [2.75, 3.05) is 20.1 Å². The molecule has 2 bridgehead atoms. The Kier molecular flexibility index (Phi) is 6.00. The molecule has 2 unspecified atom stereocenters. The Balaban J connectivity index is 1.17. The molecule has 0 aromatic heterocycles. The molecular weight excluding hydrogens is 504 g/mol. The van der Waals surface area contributed by atoms with Crippen LogP contribution in [0.15, 0.2) is 42.5 Å². The Morgan fingerprint density at radius 1 is 1.25 bits per heavy atom. The lowest BCUT2D eigenvalue weighted by Crippen LogP contribution is -2.69. The molecular formula is C33H38N2O5. The fourth-order valence-corrected chi connectivity index (χ4v) is 8.51. The van der Waals surface area contributed by atoms with Crippen LogP contribution in [0.5, 0.6) is 11.5 Å². The van der Waals surface area contributed by atoms with Crippen LogP contribution in [0.3, 0.4) is 0 Å². The van der Waals surface area contributed by atoms with Crippen molar-refractivity contribution >= 4 is 18.0 Å². The lowest BCUT2D eigenvalue weighted by atomic mass is 9.51. The second-order valence-corrected chi connectivity index (χ2v) is 12.6. The summed E-state index contributed by atoms with van der Waals surface area (Å²) in [5, 5.41) is 10.9. The Labute approximate surface area is 235 Å². The fourth-order valence-electron chi connectivity index (χ4n) is 8.51. The molecule has 2 heterocycles. The van der Waals surface area contributed by atoms with Gasteiger partial charge in [0, 0.05) is 49.5 Å². The zero-order chi connectivity index (χ0) is 27.8. The van der Waals surface area contributed by atoms with Crippen molar-refractivity contribution in [2.24, 2.45) is 11.8 Å². The number of ether oxygens (including phenoxy) is 2. The predicted molar refractivity (Wildman–Crippen MR) is 151 cm³/mol. The number of amides is 1. The van der Waals surface area contributed by atoms with Crippen LogP contribution in [0, 0.1) is 18.8 Å². The number of likely N-dealkylation sites (tertiary alicyclic amines) is 1. The van der Waals surface area contributed by atoms with Gasteiger partial charge in [-0.05, 0) is 74.8 Å². The minimum absolute atomic E-state index is 0.0274. The van der Waals surface area contributed by atoms with Crippen molar-refractivity contribution in [2.45, 2.75) is 75.7 Å². The maximum absolute atomic E-state index is 13.4. The number of esters is 1. The van der Waals surface area contributed by atoms with E-state index in [1.54, 1.807) is 12.1 Å². The van der Waals surface area contributed by atoms with E-state index < -0.39 is 0 Å². The van der Waals surface area contributed by atoms with Gasteiger partial charge in [-0.2, -0.15) is 0 Å². The Hall–Kier alpha value is -3.32. The van der Waals surface area contributed by atoms with E-state index in [4.69, 9.17) is 9.47 Å². The first-order chi connectivity index (χ1) is 19.3. The molecule has 1 saturated heterocycles. The predicted octanol–water partition coefficient (Wildman–Crippen LogP) is 4.23. The van der Waals surface area contributed by atoms with Crippen molar-refractivity contribution < 1.29 is 24.2 Å². The average Bonchev–Trinajstić information content (AvgIpc) is 3.54. The summed E-state index contributed by atoms with van der Waals surface area (Å²) in [5.41, 5.74) is 4.43. The highest BCUT2D eigenvalue weighted by atomic mass is 16.5. The normalized spacial score (nSPS) is 33.3. The molecule has 2 aromatic rings. The van der Waals surface area contributed by atoms with Gasteiger partial charge in [-0.1, -0.05) is 35.9 Å². The molecule has 7 nitrogen and oxygen atoms in total. The third-order valence-corrected chi connectivity index (χ3v) is 10.4. The summed E-state index contributed by atoms with van der Waals surface area (Å²) in [7, 11) is 1.90. The molecule has 2 aromatic carbocycles. The van der Waals surface area contributed by atoms with E-state index in [2.05, 4.69) is 17.0 Å². The van der Waals surface area contributed by atoms with Gasteiger partial charge in [0.2, 0.25) is 5.91 Å². The Morgan fingerprint density at radius 3 is 2.90 bits per heavy atom. The van der Waals surface area contributed by atoms with Crippen LogP contribution >= 0.6 is 0 Å². The molecule has 1 N–H and O–H groups in total. The quantitative estimate of drug-likeness (QED) is 0.435. The number of phenols is 1. The summed E-state index contributed by atoms with van der Waals surface area (Å²) in [6.45, 7) is 5.43. The van der Waals surface area contributed by atoms with Gasteiger partial charge < -0.3 is 19.5 Å². The van der Waals surface area contributed by atoms with Crippen molar-refractivity contribution in [3.63, 3.8) is 0 Å². The molecule has 3 aliphatic carbocycles. The van der Waals surface area contributed by atoms with Crippen LogP contribution in [-0.4, -0.2) is 71.2 Å². The lowest BCUT2D eigenvalue weighted by molar-refractivity contribution is -0.142. The second-order valence-electron chi connectivity index (χ2n) is 12.6. The van der Waals surface area contributed by atoms with Crippen molar-refractivity contribution in [1.29, 1.82) is 0 Å². The number of likely N-dealkylation sites (N-methyl/N-ethyl adjacent to an activating group) is 1. The number of aryl methyl sites for hydroxylation is 1. The van der Waals surface area contributed by atoms with Gasteiger partial charge in [-0.15, -0.1) is 0 Å². The molecule has 1 spiro atoms. The lowest BCUT2D eigenvalue weighted by Gasteiger charge is -2.60. The summed E-state index contributed by atoms with van der Waals surface area (Å²) in [4.78, 5) is 29.4. The molecule has 40 heavy (non-hydrogen) atoms. The smallest absolute Gasteiger partial charge is 0.302 e. The van der Waals surface area contributed by atoms with E-state index in [0.717, 1.165) is 56.3 Å². The molecule has 3 fully saturated rings. The highest BCUT2D eigenvalue weighted by Crippen LogP contribution is 2.64. The van der Waals surface area contributed by atoms with Crippen LogP contribution in [0.25, 0.3) is 6.08 Å². The number of piperidine rings is 1. The number of hydrogen-bond acceptors (Lipinski definition) is 6. The zero-order valence-corrected chi connectivity index (χ0v) is 23.5. The van der Waals surface area contributed by atoms with Gasteiger partial charge in [0.15, 0.2) is 11.5 Å². The van der Waals surface area contributed by atoms with Crippen LogP contribution < -0.4 is 4.74 Å². The molecule has 2 aliphatic heterocycles. The van der Waals surface area contributed by atoms with Gasteiger partial charge in [0.25, 0.3) is 0 Å². The van der Waals surface area contributed by atoms with E-state index in [1.807, 2.05) is 43.1 Å². The van der Waals surface area contributed by atoms with Crippen molar-refractivity contribution in [1.82, 2.24) is 9.80 Å². The third kappa shape index (κ3) is 3.96. The number of carbonyl (C=O) groups is 2. The van der Waals surface area contributed by atoms with E-state index in [-0.39, 0.29) is 41.3 Å². The standard InChI is InChI=1S/C33H38N2O5/c1-19-5-4-6-21(15-19)7-12-29(38)34(3)25-10-9-24-26-16-22-8-11-27(37)31-30(22)33(24,32(25)40-31)13-14-35(26)18-23-17-28(23)39-20(2)36/h4-8,11-12,15,23-26,28,32,37H,9-10,13-14,16-18H2,1-3H3/t23?,24-,25+,26+,28?,32-,33-/m0/s1. The molecule has 7 rings (SSSR count). The number of nitrogens with zero attached hydrogens (tertiary/aromatic N) is 2. The van der Waals surface area contributed by atoms with Gasteiger partial charge in [0.05, 0.1) is 6.04 Å². The number of rotatable bonds is 6. The SMILES string of the molecule is CC(=O)OC1CC1CN1CC[C@]23c4c5ccc(O)c4O[C@H]2[C@H](N(C)C(=O)C=Cc2cccc(C)c2)CC[C@H]3[C@H]1C5. The maximum Gasteiger partial charge on any atom is 0.302 e. The minimum atomic E-state index is -0.209. The third-order valence-electron chi connectivity index (χ3n) is 10.4. The van der Waals surface area contributed by atoms with Crippen molar-refractivity contribution in [3.8, 4) is 11.5 Å². The number of phenolic OH excluding ortho intramolecular Hbond substituents is 1. The number of hydrogen-bond donors (Lipinski definition) is 1. The summed E-state index contributed by atoms with van der Waals surface area (Å²) in [5.74, 6) is 1.43. The fraction of sp³-hybridized carbons (Fsp3) is 0.515. The molecule has 7 heteroatoms. The maximum atomic E-state index is 13.4. The van der Waals surface area contributed by atoms with Crippen LogP contribution in [0.4, 0.5) is 0 Å². The first-order valence-electron chi connectivity index (χ1n) is 14.7. The molecule has 7 atom stereocenters. The molecule has 210 valence electrons. The van der Waals surface area contributed by atoms with Gasteiger partial charge >= 0.3 is 5.97 Å². The Bertz CT molecular complexity index is 1400. The largest absolute Gasteiger partial charge is 0.504 e. The monoisotopic (exact) mass is 542 g/mol. The van der Waals surface area contributed by atoms with E-state index in [0.29, 0.717) is 23.6 Å². The zero-order valence-electron chi connectivity index (χ0n) is 23.5. The highest BCUT2D eigenvalue weighted by molar-refractivity contribution is 5.92. The van der Waals surface area contributed by atoms with Crippen LogP contribution in [0.1, 0.15) is 54.9 Å². The summed E-state index contributed by atoms with van der Waals surface area (Å²) >= 11 is 0. The molecule has 0 radical (unpaired) electrons. The molecule has 2 saturated carbocycles. The summed E-state index contributed by atoms with van der Waals surface area (Å²) in [6.07, 6.45) is 8.13. The average molecular weight is 543 g/mol. The topological polar surface area (TPSA) is 79.3 Å². The van der Waals surface area contributed by atoms with Gasteiger partial charge in [0.1, 0.15) is 12.2 Å². The van der Waals surface area contributed by atoms with E-state index in [9.17, 15) is 14.7 Å².